The number of hydrogen-bond acceptors (Lipinski definition) is 2. The zero-order chi connectivity index (χ0) is 13.0. The molecule has 1 heterocycles. The Morgan fingerprint density at radius 1 is 1.11 bits per heavy atom. The Hall–Kier alpha value is -0.570. The van der Waals surface area contributed by atoms with Crippen molar-refractivity contribution in [2.75, 3.05) is 20.2 Å². The van der Waals surface area contributed by atoms with E-state index in [-0.39, 0.29) is 5.92 Å². The van der Waals surface area contributed by atoms with Crippen LogP contribution in [0.25, 0.3) is 0 Å². The molecule has 104 valence electrons. The Morgan fingerprint density at radius 2 is 1.72 bits per heavy atom. The number of methoxy groups -OCH3 is 1. The van der Waals surface area contributed by atoms with Gasteiger partial charge in [-0.2, -0.15) is 0 Å². The van der Waals surface area contributed by atoms with Crippen LogP contribution in [0, 0.1) is 11.8 Å². The zero-order valence-corrected chi connectivity index (χ0v) is 11.9. The second-order valence-corrected chi connectivity index (χ2v) is 5.89. The number of carbonyl (C=O) groups is 1. The average molecular weight is 253 g/mol. The molecule has 0 aromatic rings. The fraction of sp³-hybridized carbons (Fsp3) is 0.933. The van der Waals surface area contributed by atoms with Crippen LogP contribution in [0.1, 0.15) is 51.9 Å². The van der Waals surface area contributed by atoms with Gasteiger partial charge in [0, 0.05) is 26.1 Å². The third-order valence-electron chi connectivity index (χ3n) is 4.86. The molecule has 0 bridgehead atoms. The predicted octanol–water partition coefficient (Wildman–Crippen LogP) is 2.84. The Kier molecular flexibility index (Phi) is 5.04. The molecule has 0 aromatic carbocycles. The van der Waals surface area contributed by atoms with Crippen LogP contribution in [-0.4, -0.2) is 37.1 Å². The van der Waals surface area contributed by atoms with Gasteiger partial charge in [0.05, 0.1) is 6.10 Å². The number of likely N-dealkylation sites (tertiary alicyclic amines) is 1. The molecule has 2 fully saturated rings. The first kappa shape index (κ1) is 13.9. The highest BCUT2D eigenvalue weighted by Crippen LogP contribution is 2.29. The highest BCUT2D eigenvalue weighted by molar-refractivity contribution is 5.79. The minimum absolute atomic E-state index is 0.273. The van der Waals surface area contributed by atoms with E-state index in [0.29, 0.717) is 12.0 Å². The molecule has 3 nitrogen and oxygen atoms in total. The molecule has 1 aliphatic heterocycles. The van der Waals surface area contributed by atoms with Crippen LogP contribution in [0.5, 0.6) is 0 Å². The Balaban J connectivity index is 1.78. The van der Waals surface area contributed by atoms with Crippen LogP contribution in [-0.2, 0) is 9.53 Å². The van der Waals surface area contributed by atoms with Crippen molar-refractivity contribution in [2.45, 2.75) is 58.0 Å². The number of hydrogen-bond donors (Lipinski definition) is 0. The van der Waals surface area contributed by atoms with Gasteiger partial charge in [0.1, 0.15) is 0 Å². The van der Waals surface area contributed by atoms with Crippen LogP contribution in [0.3, 0.4) is 0 Å². The van der Waals surface area contributed by atoms with Gasteiger partial charge in [0.25, 0.3) is 0 Å². The van der Waals surface area contributed by atoms with Gasteiger partial charge < -0.3 is 9.64 Å². The van der Waals surface area contributed by atoms with Crippen molar-refractivity contribution in [2.24, 2.45) is 11.8 Å². The molecule has 18 heavy (non-hydrogen) atoms. The number of carbonyl (C=O) groups excluding carboxylic acids is 1. The van der Waals surface area contributed by atoms with Gasteiger partial charge in [0.15, 0.2) is 0 Å². The van der Waals surface area contributed by atoms with E-state index in [0.717, 1.165) is 44.7 Å². The van der Waals surface area contributed by atoms with E-state index in [4.69, 9.17) is 4.74 Å². The van der Waals surface area contributed by atoms with Crippen LogP contribution >= 0.6 is 0 Å². The molecule has 0 spiro atoms. The Labute approximate surface area is 111 Å². The number of ether oxygens (including phenoxy) is 1. The first-order valence-corrected chi connectivity index (χ1v) is 7.56. The van der Waals surface area contributed by atoms with Crippen molar-refractivity contribution in [3.8, 4) is 0 Å². The van der Waals surface area contributed by atoms with Crippen molar-refractivity contribution in [3.63, 3.8) is 0 Å². The molecule has 1 saturated heterocycles. The minimum atomic E-state index is 0.273. The lowest BCUT2D eigenvalue weighted by Crippen LogP contribution is -2.43. The van der Waals surface area contributed by atoms with Crippen molar-refractivity contribution >= 4 is 5.91 Å². The molecule has 2 rings (SSSR count). The molecule has 1 aliphatic carbocycles. The Bertz CT molecular complexity index is 238. The monoisotopic (exact) mass is 253 g/mol. The molecular weight excluding hydrogens is 226 g/mol. The molecule has 1 amide bonds. The second-order valence-electron chi connectivity index (χ2n) is 5.89. The molecule has 3 heteroatoms. The van der Waals surface area contributed by atoms with E-state index >= 15 is 0 Å². The Morgan fingerprint density at radius 3 is 2.22 bits per heavy atom. The van der Waals surface area contributed by atoms with Gasteiger partial charge in [-0.1, -0.05) is 13.3 Å². The highest BCUT2D eigenvalue weighted by Gasteiger charge is 2.31. The van der Waals surface area contributed by atoms with Gasteiger partial charge in [-0.05, 0) is 44.4 Å². The van der Waals surface area contributed by atoms with Gasteiger partial charge >= 0.3 is 0 Å². The lowest BCUT2D eigenvalue weighted by Gasteiger charge is -2.36. The van der Waals surface area contributed by atoms with Gasteiger partial charge in [-0.25, -0.2) is 0 Å². The third kappa shape index (κ3) is 3.25. The molecule has 2 aliphatic rings. The van der Waals surface area contributed by atoms with Crippen molar-refractivity contribution in [1.29, 1.82) is 0 Å². The summed E-state index contributed by atoms with van der Waals surface area (Å²) >= 11 is 0. The minimum Gasteiger partial charge on any atom is -0.381 e. The van der Waals surface area contributed by atoms with Gasteiger partial charge in [0.2, 0.25) is 5.91 Å². The van der Waals surface area contributed by atoms with Crippen LogP contribution in [0.2, 0.25) is 0 Å². The third-order valence-corrected chi connectivity index (χ3v) is 4.86. The normalized spacial score (nSPS) is 30.4. The second kappa shape index (κ2) is 6.55. The summed E-state index contributed by atoms with van der Waals surface area (Å²) in [6.45, 7) is 4.23. The lowest BCUT2D eigenvalue weighted by molar-refractivity contribution is -0.138. The lowest BCUT2D eigenvalue weighted by atomic mass is 9.85. The highest BCUT2D eigenvalue weighted by atomic mass is 16.5. The van der Waals surface area contributed by atoms with Crippen LogP contribution in [0.4, 0.5) is 0 Å². The van der Waals surface area contributed by atoms with Crippen molar-refractivity contribution in [1.82, 2.24) is 4.90 Å². The summed E-state index contributed by atoms with van der Waals surface area (Å²) < 4.78 is 5.37. The molecule has 0 radical (unpaired) electrons. The number of amides is 1. The van der Waals surface area contributed by atoms with Crippen molar-refractivity contribution < 1.29 is 9.53 Å². The fourth-order valence-electron chi connectivity index (χ4n) is 3.37. The first-order chi connectivity index (χ1) is 8.74. The number of nitrogens with zero attached hydrogens (tertiary/aromatic N) is 1. The maximum atomic E-state index is 12.4. The van der Waals surface area contributed by atoms with E-state index in [1.54, 1.807) is 7.11 Å². The summed E-state index contributed by atoms with van der Waals surface area (Å²) in [6, 6.07) is 0. The average Bonchev–Trinajstić information content (AvgIpc) is 2.47. The smallest absolute Gasteiger partial charge is 0.225 e. The van der Waals surface area contributed by atoms with E-state index in [9.17, 15) is 4.79 Å². The predicted molar refractivity (Wildman–Crippen MR) is 72.4 cm³/mol. The summed E-state index contributed by atoms with van der Waals surface area (Å²) in [5.74, 6) is 1.53. The maximum absolute atomic E-state index is 12.4. The topological polar surface area (TPSA) is 29.5 Å². The molecule has 0 atom stereocenters. The van der Waals surface area contributed by atoms with E-state index < -0.39 is 0 Å². The van der Waals surface area contributed by atoms with Crippen molar-refractivity contribution in [3.05, 3.63) is 0 Å². The number of rotatable bonds is 3. The van der Waals surface area contributed by atoms with Gasteiger partial charge in [-0.15, -0.1) is 0 Å². The largest absolute Gasteiger partial charge is 0.381 e. The van der Waals surface area contributed by atoms with Crippen LogP contribution in [0.15, 0.2) is 0 Å². The first-order valence-electron chi connectivity index (χ1n) is 7.56. The molecular formula is C15H27NO2. The number of piperidine rings is 1. The quantitative estimate of drug-likeness (QED) is 0.774. The van der Waals surface area contributed by atoms with E-state index in [2.05, 4.69) is 11.8 Å². The van der Waals surface area contributed by atoms with Crippen LogP contribution < -0.4 is 0 Å². The summed E-state index contributed by atoms with van der Waals surface area (Å²) in [6.07, 6.45) is 8.21. The standard InChI is InChI=1S/C15H27NO2/c1-3-12-8-10-16(11-9-12)15(17)13-4-6-14(18-2)7-5-13/h12-14H,3-11H2,1-2H3/t13-,14-. The summed E-state index contributed by atoms with van der Waals surface area (Å²) in [4.78, 5) is 14.5. The fourth-order valence-corrected chi connectivity index (χ4v) is 3.37. The maximum Gasteiger partial charge on any atom is 0.225 e. The summed E-state index contributed by atoms with van der Waals surface area (Å²) in [7, 11) is 1.78. The molecule has 0 unspecified atom stereocenters. The zero-order valence-electron chi connectivity index (χ0n) is 11.9. The molecule has 0 N–H and O–H groups in total. The summed E-state index contributed by atoms with van der Waals surface area (Å²) in [5.41, 5.74) is 0. The van der Waals surface area contributed by atoms with E-state index in [1.165, 1.54) is 19.3 Å². The van der Waals surface area contributed by atoms with E-state index in [1.807, 2.05) is 0 Å². The van der Waals surface area contributed by atoms with Gasteiger partial charge in [-0.3, -0.25) is 4.79 Å². The SMILES string of the molecule is CCC1CCN(C(=O)[C@H]2CC[C@H](OC)CC2)CC1. The summed E-state index contributed by atoms with van der Waals surface area (Å²) in [5, 5.41) is 0. The molecule has 1 saturated carbocycles. The molecule has 0 aromatic heterocycles.